The molecule has 0 unspecified atom stereocenters. The van der Waals surface area contributed by atoms with Gasteiger partial charge in [-0.1, -0.05) is 27.7 Å². The molecule has 0 saturated heterocycles. The Kier molecular flexibility index (Phi) is 28.9. The summed E-state index contributed by atoms with van der Waals surface area (Å²) in [6.45, 7) is 10.5. The first-order valence-electron chi connectivity index (χ1n) is 10.5. The zero-order valence-corrected chi connectivity index (χ0v) is 21.4. The second-order valence-electron chi connectivity index (χ2n) is 6.93. The Bertz CT molecular complexity index is 510. The predicted octanol–water partition coefficient (Wildman–Crippen LogP) is -0.651. The molecule has 0 fully saturated rings. The Morgan fingerprint density at radius 3 is 1.88 bits per heavy atom. The summed E-state index contributed by atoms with van der Waals surface area (Å²) in [5.41, 5.74) is 4.86. The summed E-state index contributed by atoms with van der Waals surface area (Å²) < 4.78 is 20.2. The quantitative estimate of drug-likeness (QED) is 0.151. The number of nitrogens with one attached hydrogen (secondary N) is 2. The third kappa shape index (κ3) is 32.6. The molecule has 4 amide bonds. The van der Waals surface area contributed by atoms with Crippen LogP contribution in [-0.2, 0) is 56.7 Å². The third-order valence-corrected chi connectivity index (χ3v) is 3.16. The zero-order valence-electron chi connectivity index (χ0n) is 20.0. The van der Waals surface area contributed by atoms with E-state index in [2.05, 4.69) is 16.0 Å². The van der Waals surface area contributed by atoms with Crippen LogP contribution in [0.5, 0.6) is 0 Å². The number of hydrogen-bond acceptors (Lipinski definition) is 8. The second-order valence-corrected chi connectivity index (χ2v) is 6.93. The molecule has 0 atom stereocenters. The molecule has 0 aromatic heterocycles. The Labute approximate surface area is 208 Å². The summed E-state index contributed by atoms with van der Waals surface area (Å²) in [6.07, 6.45) is 0.621. The number of rotatable bonds is 19. The van der Waals surface area contributed by atoms with Crippen LogP contribution in [0.25, 0.3) is 5.32 Å². The van der Waals surface area contributed by atoms with E-state index in [4.69, 9.17) is 24.7 Å². The monoisotopic (exact) mass is 514 g/mol. The Morgan fingerprint density at radius 2 is 1.36 bits per heavy atom. The molecule has 0 spiro atoms. The summed E-state index contributed by atoms with van der Waals surface area (Å²) in [4.78, 5) is 42.3. The topological polar surface area (TPSA) is 169 Å². The maximum absolute atomic E-state index is 11.1. The van der Waals surface area contributed by atoms with Gasteiger partial charge in [0.15, 0.2) is 0 Å². The fourth-order valence-corrected chi connectivity index (χ4v) is 1.74. The van der Waals surface area contributed by atoms with Gasteiger partial charge >= 0.3 is 0 Å². The number of nitrogens with two attached hydrogens (primary N) is 1. The number of hydrogen-bond donors (Lipinski definition) is 3. The minimum absolute atomic E-state index is 0. The average Bonchev–Trinajstić information content (AvgIpc) is 2.71. The van der Waals surface area contributed by atoms with E-state index in [0.717, 1.165) is 0 Å². The normalized spacial score (nSPS) is 10.0. The van der Waals surface area contributed by atoms with Crippen molar-refractivity contribution in [2.45, 2.75) is 33.7 Å². The molecule has 193 valence electrons. The molecule has 0 aromatic rings. The number of primary amides is 1. The minimum atomic E-state index is -0.494. The van der Waals surface area contributed by atoms with E-state index >= 15 is 0 Å². The first-order chi connectivity index (χ1) is 15.2. The van der Waals surface area contributed by atoms with Gasteiger partial charge in [-0.25, -0.2) is 0 Å². The number of nitrogens with zero attached hydrogens (tertiary/aromatic N) is 1. The van der Waals surface area contributed by atoms with Crippen molar-refractivity contribution in [1.29, 1.82) is 0 Å². The summed E-state index contributed by atoms with van der Waals surface area (Å²) in [5.74, 6) is -0.796. The van der Waals surface area contributed by atoms with Gasteiger partial charge in [0.2, 0.25) is 18.2 Å². The van der Waals surface area contributed by atoms with Gasteiger partial charge in [-0.3, -0.25) is 14.4 Å². The van der Waals surface area contributed by atoms with Crippen molar-refractivity contribution < 1.29 is 56.7 Å². The molecule has 4 N–H and O–H groups in total. The van der Waals surface area contributed by atoms with Crippen molar-refractivity contribution in [3.8, 4) is 0 Å². The Hall–Kier alpha value is -1.70. The summed E-state index contributed by atoms with van der Waals surface area (Å²) in [6, 6.07) is -0.00302. The first-order valence-corrected chi connectivity index (χ1v) is 10.5. The van der Waals surface area contributed by atoms with Crippen molar-refractivity contribution in [1.82, 2.24) is 10.6 Å². The molecule has 0 aliphatic rings. The van der Waals surface area contributed by atoms with Crippen molar-refractivity contribution in [3.05, 3.63) is 5.32 Å². The van der Waals surface area contributed by atoms with Crippen LogP contribution >= 0.6 is 0 Å². The number of ether oxygens (including phenoxy) is 4. The molecule has 0 aromatic carbocycles. The van der Waals surface area contributed by atoms with Crippen LogP contribution in [-0.4, -0.2) is 96.1 Å². The standard InChI is InChI=1S/C11H22N2O3.C9H18N2O5.V/c1-8(2)11(15)12-5-6-16-7-10(14)13-9(3)4;10-9(13)7-16-6-5-15-4-3-14-2-1-11-8-12;/h8-9H,5-7H2,1-4H3,(H2,12,13,14,15);8H,1-7H2,(H2,10,13)(H,11,12);/p-1. The number of carbonyl (C=O) groups is 4. The maximum atomic E-state index is 11.1. The van der Waals surface area contributed by atoms with Gasteiger partial charge in [0.1, 0.15) is 6.61 Å². The molecular formula is C20H39N4O8V-. The Balaban J connectivity index is -0.000000529. The van der Waals surface area contributed by atoms with Gasteiger partial charge in [-0.15, -0.1) is 6.04 Å². The molecule has 0 aliphatic heterocycles. The summed E-state index contributed by atoms with van der Waals surface area (Å²) in [7, 11) is 0. The van der Waals surface area contributed by atoms with Gasteiger partial charge in [0, 0.05) is 37.6 Å². The van der Waals surface area contributed by atoms with Gasteiger partial charge < -0.3 is 45.4 Å². The van der Waals surface area contributed by atoms with Crippen molar-refractivity contribution in [3.63, 3.8) is 0 Å². The van der Waals surface area contributed by atoms with E-state index in [1.165, 1.54) is 0 Å². The van der Waals surface area contributed by atoms with E-state index < -0.39 is 5.91 Å². The number of carbonyl (C=O) groups excluding carboxylic acids is 4. The molecule has 33 heavy (non-hydrogen) atoms. The van der Waals surface area contributed by atoms with Crippen molar-refractivity contribution in [2.75, 3.05) is 65.9 Å². The van der Waals surface area contributed by atoms with Crippen LogP contribution in [0.3, 0.4) is 0 Å². The molecule has 0 rings (SSSR count). The van der Waals surface area contributed by atoms with Crippen LogP contribution in [0.15, 0.2) is 0 Å². The molecule has 0 saturated carbocycles. The smallest absolute Gasteiger partial charge is 0.243 e. The van der Waals surface area contributed by atoms with E-state index in [-0.39, 0.29) is 55.5 Å². The van der Waals surface area contributed by atoms with Crippen LogP contribution in [0.2, 0.25) is 0 Å². The fourth-order valence-electron chi connectivity index (χ4n) is 1.74. The number of amides is 4. The van der Waals surface area contributed by atoms with Gasteiger partial charge in [0.25, 0.3) is 0 Å². The summed E-state index contributed by atoms with van der Waals surface area (Å²) in [5, 5.41) is 8.95. The zero-order chi connectivity index (χ0) is 24.6. The predicted molar refractivity (Wildman–Crippen MR) is 118 cm³/mol. The van der Waals surface area contributed by atoms with Gasteiger partial charge in [0.05, 0.1) is 52.2 Å². The van der Waals surface area contributed by atoms with E-state index in [1.807, 2.05) is 27.7 Å². The SMILES string of the molecule is CC(C)[N-]C(=O)COCCNC(=O)C(C)C.NC(=O)COCCOCCOCCNC=O.[V]. The molecule has 12 nitrogen and oxygen atoms in total. The minimum Gasteiger partial charge on any atom is -0.649 e. The third-order valence-electron chi connectivity index (χ3n) is 3.16. The average molecular weight is 514 g/mol. The van der Waals surface area contributed by atoms with Crippen LogP contribution in [0.4, 0.5) is 0 Å². The van der Waals surface area contributed by atoms with E-state index in [0.29, 0.717) is 59.1 Å². The van der Waals surface area contributed by atoms with E-state index in [9.17, 15) is 19.2 Å². The van der Waals surface area contributed by atoms with Crippen molar-refractivity contribution >= 4 is 24.1 Å². The van der Waals surface area contributed by atoms with E-state index in [1.54, 1.807) is 0 Å². The molecule has 0 heterocycles. The maximum Gasteiger partial charge on any atom is 0.243 e. The van der Waals surface area contributed by atoms with Gasteiger partial charge in [-0.2, -0.15) is 0 Å². The van der Waals surface area contributed by atoms with Crippen LogP contribution in [0, 0.1) is 5.92 Å². The largest absolute Gasteiger partial charge is 0.649 e. The molecule has 0 bridgehead atoms. The fraction of sp³-hybridized carbons (Fsp3) is 0.800. The van der Waals surface area contributed by atoms with Crippen molar-refractivity contribution in [2.24, 2.45) is 11.7 Å². The van der Waals surface area contributed by atoms with Gasteiger partial charge in [-0.05, 0) is 0 Å². The molecular weight excluding hydrogens is 475 g/mol. The molecule has 0 aliphatic carbocycles. The molecule has 1 radical (unpaired) electrons. The second kappa shape index (κ2) is 26.6. The molecule has 13 heteroatoms. The van der Waals surface area contributed by atoms with Crippen LogP contribution in [0.1, 0.15) is 27.7 Å². The Morgan fingerprint density at radius 1 is 0.848 bits per heavy atom. The summed E-state index contributed by atoms with van der Waals surface area (Å²) >= 11 is 0. The first kappa shape index (κ1) is 35.9. The van der Waals surface area contributed by atoms with Crippen LogP contribution < -0.4 is 16.4 Å².